The summed E-state index contributed by atoms with van der Waals surface area (Å²) in [5, 5.41) is 0. The van der Waals surface area contributed by atoms with E-state index in [2.05, 4.69) is 6.92 Å². The molecule has 0 amide bonds. The Labute approximate surface area is 318 Å². The Morgan fingerprint density at radius 2 is 0.722 bits per heavy atom. The summed E-state index contributed by atoms with van der Waals surface area (Å²) in [6.07, 6.45) is 10.1. The number of ether oxygens (including phenoxy) is 12. The highest BCUT2D eigenvalue weighted by molar-refractivity contribution is 5.73. The lowest BCUT2D eigenvalue weighted by atomic mass is 9.88. The Hall–Kier alpha value is -1.95. The van der Waals surface area contributed by atoms with E-state index in [4.69, 9.17) is 56.8 Å². The standard InChI is InChI=1S/C39H62O15/c1-2-39(24-46-12-9-43-15-18-49-36(40)27-3-6-30-33(21-27)52-30,25-47-13-10-44-16-19-50-37(41)28-4-7-31-34(22-28)53-31)26-48-14-11-45-17-20-51-38(42)29-5-8-32-35(23-29)54-32/h27-35H,2-26H2,1H3. The average molecular weight is 771 g/mol. The summed E-state index contributed by atoms with van der Waals surface area (Å²) in [6, 6.07) is 0. The minimum Gasteiger partial charge on any atom is -0.463 e. The Balaban J connectivity index is 0.810. The largest absolute Gasteiger partial charge is 0.463 e. The van der Waals surface area contributed by atoms with Gasteiger partial charge in [-0.3, -0.25) is 14.4 Å². The van der Waals surface area contributed by atoms with Crippen molar-refractivity contribution in [3.8, 4) is 0 Å². The zero-order chi connectivity index (χ0) is 37.6. The van der Waals surface area contributed by atoms with Gasteiger partial charge in [0.2, 0.25) is 0 Å². The molecule has 0 radical (unpaired) electrons. The normalized spacial score (nSPS) is 31.6. The quantitative estimate of drug-likeness (QED) is 0.0492. The van der Waals surface area contributed by atoms with E-state index in [0.717, 1.165) is 64.2 Å². The lowest BCUT2D eigenvalue weighted by Gasteiger charge is -2.32. The molecule has 6 rings (SSSR count). The first-order valence-electron chi connectivity index (χ1n) is 20.4. The van der Waals surface area contributed by atoms with Crippen LogP contribution in [-0.4, -0.2) is 154 Å². The van der Waals surface area contributed by atoms with E-state index in [1.807, 2.05) is 0 Å². The third-order valence-electron chi connectivity index (χ3n) is 11.5. The number of esters is 3. The second kappa shape index (κ2) is 21.5. The average Bonchev–Trinajstić information content (AvgIpc) is 4.08. The molecule has 15 nitrogen and oxygen atoms in total. The summed E-state index contributed by atoms with van der Waals surface area (Å²) in [5.74, 6) is -0.712. The molecule has 0 N–H and O–H groups in total. The summed E-state index contributed by atoms with van der Waals surface area (Å²) in [4.78, 5) is 37.0. The van der Waals surface area contributed by atoms with E-state index in [1.165, 1.54) is 0 Å². The van der Waals surface area contributed by atoms with Gasteiger partial charge in [-0.25, -0.2) is 0 Å². The van der Waals surface area contributed by atoms with Crippen molar-refractivity contribution in [1.29, 1.82) is 0 Å². The Bertz CT molecular complexity index is 1030. The van der Waals surface area contributed by atoms with Crippen LogP contribution in [0, 0.1) is 23.2 Å². The SMILES string of the molecule is CCC(COCCOCCOC(=O)C1CCC2OC2C1)(COCCOCCOC(=O)C1CCC2OC2C1)COCCOCCOC(=O)C1CCC2OC2C1. The van der Waals surface area contributed by atoms with Gasteiger partial charge in [0, 0.05) is 5.41 Å². The second-order valence-electron chi connectivity index (χ2n) is 15.5. The van der Waals surface area contributed by atoms with Gasteiger partial charge in [-0.1, -0.05) is 6.92 Å². The first-order valence-corrected chi connectivity index (χ1v) is 20.4. The number of hydrogen-bond acceptors (Lipinski definition) is 15. The van der Waals surface area contributed by atoms with Crippen LogP contribution in [0.2, 0.25) is 0 Å². The van der Waals surface area contributed by atoms with Crippen molar-refractivity contribution in [2.75, 3.05) is 99.1 Å². The molecule has 9 atom stereocenters. The predicted octanol–water partition coefficient (Wildman–Crippen LogP) is 2.81. The van der Waals surface area contributed by atoms with E-state index in [0.29, 0.717) is 97.6 Å². The number of rotatable bonds is 28. The number of carbonyl (C=O) groups excluding carboxylic acids is 3. The summed E-state index contributed by atoms with van der Waals surface area (Å²) >= 11 is 0. The molecule has 9 unspecified atom stereocenters. The van der Waals surface area contributed by atoms with E-state index in [-0.39, 0.29) is 73.8 Å². The third-order valence-corrected chi connectivity index (χ3v) is 11.5. The molecule has 0 spiro atoms. The van der Waals surface area contributed by atoms with Crippen LogP contribution in [0.15, 0.2) is 0 Å². The fourth-order valence-electron chi connectivity index (χ4n) is 7.77. The van der Waals surface area contributed by atoms with Gasteiger partial charge in [0.25, 0.3) is 0 Å². The first-order chi connectivity index (χ1) is 26.4. The van der Waals surface area contributed by atoms with Gasteiger partial charge in [0.05, 0.1) is 134 Å². The Kier molecular flexibility index (Phi) is 16.6. The molecule has 15 heteroatoms. The molecule has 0 aromatic carbocycles. The van der Waals surface area contributed by atoms with Crippen LogP contribution < -0.4 is 0 Å². The van der Waals surface area contributed by atoms with Crippen molar-refractivity contribution < 1.29 is 71.2 Å². The maximum atomic E-state index is 12.3. The summed E-state index contributed by atoms with van der Waals surface area (Å²) in [7, 11) is 0. The Morgan fingerprint density at radius 1 is 0.426 bits per heavy atom. The van der Waals surface area contributed by atoms with Crippen molar-refractivity contribution in [2.24, 2.45) is 23.2 Å². The number of carbonyl (C=O) groups is 3. The predicted molar refractivity (Wildman–Crippen MR) is 189 cm³/mol. The molecule has 3 saturated heterocycles. The molecule has 3 aliphatic heterocycles. The zero-order valence-electron chi connectivity index (χ0n) is 32.0. The smallest absolute Gasteiger partial charge is 0.309 e. The van der Waals surface area contributed by atoms with Crippen molar-refractivity contribution in [2.45, 2.75) is 108 Å². The van der Waals surface area contributed by atoms with Crippen LogP contribution in [0.4, 0.5) is 0 Å². The van der Waals surface area contributed by atoms with E-state index in [1.54, 1.807) is 0 Å². The molecule has 6 fully saturated rings. The first kappa shape index (κ1) is 41.7. The Morgan fingerprint density at radius 3 is 1.02 bits per heavy atom. The van der Waals surface area contributed by atoms with Gasteiger partial charge < -0.3 is 56.8 Å². The summed E-state index contributed by atoms with van der Waals surface area (Å²) < 4.78 is 67.8. The van der Waals surface area contributed by atoms with Gasteiger partial charge in [-0.05, 0) is 64.2 Å². The van der Waals surface area contributed by atoms with Crippen LogP contribution >= 0.6 is 0 Å². The number of fused-ring (bicyclic) bond motifs is 3. The molecule has 3 aliphatic carbocycles. The third kappa shape index (κ3) is 13.6. The second-order valence-corrected chi connectivity index (χ2v) is 15.5. The minimum atomic E-state index is -0.417. The summed E-state index contributed by atoms with van der Waals surface area (Å²) in [6.45, 7) is 7.01. The van der Waals surface area contributed by atoms with Crippen LogP contribution in [-0.2, 0) is 71.2 Å². The molecule has 308 valence electrons. The highest BCUT2D eigenvalue weighted by Gasteiger charge is 2.48. The van der Waals surface area contributed by atoms with Gasteiger partial charge in [0.15, 0.2) is 0 Å². The lowest BCUT2D eigenvalue weighted by Crippen LogP contribution is -2.38. The topological polar surface area (TPSA) is 172 Å². The van der Waals surface area contributed by atoms with E-state index in [9.17, 15) is 14.4 Å². The van der Waals surface area contributed by atoms with Gasteiger partial charge in [0.1, 0.15) is 19.8 Å². The van der Waals surface area contributed by atoms with Crippen LogP contribution in [0.25, 0.3) is 0 Å². The number of epoxide rings is 3. The van der Waals surface area contributed by atoms with E-state index < -0.39 is 5.41 Å². The van der Waals surface area contributed by atoms with Gasteiger partial charge in [-0.2, -0.15) is 0 Å². The highest BCUT2D eigenvalue weighted by Crippen LogP contribution is 2.41. The molecule has 3 saturated carbocycles. The van der Waals surface area contributed by atoms with Crippen LogP contribution in [0.1, 0.15) is 71.1 Å². The molecule has 6 aliphatic rings. The number of hydrogen-bond donors (Lipinski definition) is 0. The highest BCUT2D eigenvalue weighted by atomic mass is 16.6. The van der Waals surface area contributed by atoms with Gasteiger partial charge in [-0.15, -0.1) is 0 Å². The van der Waals surface area contributed by atoms with Crippen LogP contribution in [0.5, 0.6) is 0 Å². The summed E-state index contributed by atoms with van der Waals surface area (Å²) in [5.41, 5.74) is -0.417. The fourth-order valence-corrected chi connectivity index (χ4v) is 7.77. The molecule has 3 heterocycles. The van der Waals surface area contributed by atoms with E-state index >= 15 is 0 Å². The molecular formula is C39H62O15. The molecule has 54 heavy (non-hydrogen) atoms. The van der Waals surface area contributed by atoms with Crippen molar-refractivity contribution in [3.05, 3.63) is 0 Å². The van der Waals surface area contributed by atoms with Crippen molar-refractivity contribution in [3.63, 3.8) is 0 Å². The molecule has 0 aromatic rings. The van der Waals surface area contributed by atoms with Gasteiger partial charge >= 0.3 is 17.9 Å². The van der Waals surface area contributed by atoms with Crippen molar-refractivity contribution >= 4 is 17.9 Å². The monoisotopic (exact) mass is 770 g/mol. The van der Waals surface area contributed by atoms with Crippen LogP contribution in [0.3, 0.4) is 0 Å². The molecule has 0 aromatic heterocycles. The fraction of sp³-hybridized carbons (Fsp3) is 0.923. The minimum absolute atomic E-state index is 0.0729. The molecular weight excluding hydrogens is 708 g/mol. The maximum absolute atomic E-state index is 12.3. The zero-order valence-corrected chi connectivity index (χ0v) is 32.0. The molecule has 0 bridgehead atoms. The van der Waals surface area contributed by atoms with Crippen molar-refractivity contribution in [1.82, 2.24) is 0 Å². The maximum Gasteiger partial charge on any atom is 0.309 e. The lowest BCUT2D eigenvalue weighted by molar-refractivity contribution is -0.152.